The van der Waals surface area contributed by atoms with Crippen LogP contribution in [0.3, 0.4) is 0 Å². The quantitative estimate of drug-likeness (QED) is 0.571. The second kappa shape index (κ2) is 5.61. The number of nitrogens with one attached hydrogen (secondary N) is 1. The molecule has 62 valence electrons. The molecule has 0 aromatic carbocycles. The van der Waals surface area contributed by atoms with Crippen molar-refractivity contribution in [3.63, 3.8) is 0 Å². The van der Waals surface area contributed by atoms with E-state index in [4.69, 9.17) is 0 Å². The van der Waals surface area contributed by atoms with Crippen LogP contribution in [0.1, 0.15) is 0 Å². The number of rotatable bonds is 3. The van der Waals surface area contributed by atoms with Gasteiger partial charge in [0.1, 0.15) is 0 Å². The summed E-state index contributed by atoms with van der Waals surface area (Å²) in [6.07, 6.45) is 0.0448. The molecular formula is C3H9NO3PSW-. The second-order valence-corrected chi connectivity index (χ2v) is 6.33. The van der Waals surface area contributed by atoms with Gasteiger partial charge < -0.3 is 9.12 Å². The summed E-state index contributed by atoms with van der Waals surface area (Å²) in [5.41, 5.74) is 0. The van der Waals surface area contributed by atoms with Crippen LogP contribution in [0, 0.1) is 0 Å². The van der Waals surface area contributed by atoms with Crippen LogP contribution in [0.4, 0.5) is 0 Å². The van der Waals surface area contributed by atoms with E-state index in [1.54, 1.807) is 0 Å². The summed E-state index contributed by atoms with van der Waals surface area (Å²) in [4.78, 5) is 0. The minimum atomic E-state index is -2.28. The first-order valence-corrected chi connectivity index (χ1v) is 6.15. The Morgan fingerprint density at radius 2 is 2.00 bits per heavy atom. The topological polar surface area (TPSA) is 69.2 Å². The van der Waals surface area contributed by atoms with Crippen molar-refractivity contribution >= 4 is 18.4 Å². The SMILES string of the molecule is CP(C)(=O)CNS(=O)[O-].[W]. The van der Waals surface area contributed by atoms with Gasteiger partial charge in [-0.3, -0.25) is 4.21 Å². The van der Waals surface area contributed by atoms with E-state index in [1.165, 1.54) is 13.3 Å². The molecule has 0 saturated heterocycles. The van der Waals surface area contributed by atoms with Gasteiger partial charge in [0, 0.05) is 32.3 Å². The van der Waals surface area contributed by atoms with Gasteiger partial charge in [0.05, 0.1) is 13.4 Å². The third-order valence-corrected chi connectivity index (χ3v) is 2.08. The third kappa shape index (κ3) is 11.7. The van der Waals surface area contributed by atoms with Gasteiger partial charge in [-0.15, -0.1) is 0 Å². The van der Waals surface area contributed by atoms with Crippen molar-refractivity contribution < 1.29 is 34.4 Å². The molecular weight excluding hydrogens is 345 g/mol. The van der Waals surface area contributed by atoms with Gasteiger partial charge in [0.25, 0.3) is 0 Å². The second-order valence-electron chi connectivity index (χ2n) is 2.11. The molecule has 0 aromatic heterocycles. The van der Waals surface area contributed by atoms with Crippen LogP contribution in [0.25, 0.3) is 0 Å². The van der Waals surface area contributed by atoms with E-state index in [0.717, 1.165) is 0 Å². The Labute approximate surface area is 77.2 Å². The van der Waals surface area contributed by atoms with Crippen LogP contribution >= 0.6 is 7.14 Å². The Morgan fingerprint density at radius 3 is 2.10 bits per heavy atom. The molecule has 1 N–H and O–H groups in total. The maximum atomic E-state index is 10.8. The molecule has 0 bridgehead atoms. The van der Waals surface area contributed by atoms with Crippen LogP contribution in [0.2, 0.25) is 0 Å². The Hall–Kier alpha value is 0.988. The fourth-order valence-corrected chi connectivity index (χ4v) is 1.87. The van der Waals surface area contributed by atoms with Gasteiger partial charge in [-0.2, -0.15) is 0 Å². The van der Waals surface area contributed by atoms with Crippen LogP contribution in [0.15, 0.2) is 0 Å². The molecule has 0 rings (SSSR count). The molecule has 0 saturated carbocycles. The van der Waals surface area contributed by atoms with Crippen molar-refractivity contribution in [3.05, 3.63) is 0 Å². The van der Waals surface area contributed by atoms with E-state index < -0.39 is 18.4 Å². The zero-order valence-corrected chi connectivity index (χ0v) is 10.3. The number of hydrogen-bond acceptors (Lipinski definition) is 3. The van der Waals surface area contributed by atoms with Crippen LogP contribution in [0.5, 0.6) is 0 Å². The minimum absolute atomic E-state index is 0. The fraction of sp³-hybridized carbons (Fsp3) is 1.00. The largest absolute Gasteiger partial charge is 0.760 e. The van der Waals surface area contributed by atoms with Crippen molar-refractivity contribution in [1.29, 1.82) is 0 Å². The Morgan fingerprint density at radius 1 is 1.60 bits per heavy atom. The molecule has 0 aliphatic carbocycles. The van der Waals surface area contributed by atoms with Crippen LogP contribution < -0.4 is 4.72 Å². The van der Waals surface area contributed by atoms with Crippen molar-refractivity contribution in [2.75, 3.05) is 19.6 Å². The van der Waals surface area contributed by atoms with E-state index in [0.29, 0.717) is 0 Å². The maximum Gasteiger partial charge on any atom is 0.0958 e. The molecule has 0 fully saturated rings. The summed E-state index contributed by atoms with van der Waals surface area (Å²) >= 11 is -2.28. The molecule has 0 amide bonds. The zero-order chi connectivity index (χ0) is 7.49. The molecule has 4 nitrogen and oxygen atoms in total. The average Bonchev–Trinajstić information content (AvgIpc) is 1.59. The van der Waals surface area contributed by atoms with Gasteiger partial charge >= 0.3 is 0 Å². The van der Waals surface area contributed by atoms with E-state index in [9.17, 15) is 13.3 Å². The first-order valence-electron chi connectivity index (χ1n) is 2.28. The average molecular weight is 354 g/mol. The van der Waals surface area contributed by atoms with E-state index in [2.05, 4.69) is 0 Å². The molecule has 1 atom stereocenters. The van der Waals surface area contributed by atoms with Gasteiger partial charge in [0.2, 0.25) is 0 Å². The Kier molecular flexibility index (Phi) is 7.62. The molecule has 0 heterocycles. The molecule has 0 aliphatic heterocycles. The molecule has 0 radical (unpaired) electrons. The van der Waals surface area contributed by atoms with Gasteiger partial charge in [0.15, 0.2) is 0 Å². The van der Waals surface area contributed by atoms with Crippen LogP contribution in [-0.4, -0.2) is 28.4 Å². The summed E-state index contributed by atoms with van der Waals surface area (Å²) in [5.74, 6) is 0. The standard InChI is InChI=1S/C3H10NO3PS.W/c1-8(2,5)3-4-9(6)7;/h4H,3H2,1-2H3,(H,6,7);/p-1. The predicted molar refractivity (Wildman–Crippen MR) is 36.4 cm³/mol. The Balaban J connectivity index is 0. The first kappa shape index (κ1) is 13.6. The van der Waals surface area contributed by atoms with Crippen LogP contribution in [-0.2, 0) is 36.9 Å². The summed E-state index contributed by atoms with van der Waals surface area (Å²) in [5, 5.41) is 0. The summed E-state index contributed by atoms with van der Waals surface area (Å²) in [6.45, 7) is 3.04. The summed E-state index contributed by atoms with van der Waals surface area (Å²) < 4.78 is 32.4. The van der Waals surface area contributed by atoms with Gasteiger partial charge in [-0.1, -0.05) is 0 Å². The Bertz CT molecular complexity index is 158. The molecule has 7 heteroatoms. The smallest absolute Gasteiger partial charge is 0.0958 e. The number of hydrogen-bond donors (Lipinski definition) is 1. The van der Waals surface area contributed by atoms with Gasteiger partial charge in [-0.25, -0.2) is 4.72 Å². The normalized spacial score (nSPS) is 13.9. The molecule has 1 unspecified atom stereocenters. The van der Waals surface area contributed by atoms with Gasteiger partial charge in [-0.05, 0) is 13.3 Å². The fourth-order valence-electron chi connectivity index (χ4n) is 0.208. The monoisotopic (exact) mass is 354 g/mol. The van der Waals surface area contributed by atoms with Crippen molar-refractivity contribution in [2.45, 2.75) is 0 Å². The molecule has 0 spiro atoms. The zero-order valence-electron chi connectivity index (χ0n) is 5.70. The van der Waals surface area contributed by atoms with Crippen molar-refractivity contribution in [1.82, 2.24) is 4.72 Å². The minimum Gasteiger partial charge on any atom is -0.760 e. The predicted octanol–water partition coefficient (Wildman–Crippen LogP) is -0.0522. The molecule has 0 aliphatic rings. The van der Waals surface area contributed by atoms with E-state index >= 15 is 0 Å². The molecule has 10 heavy (non-hydrogen) atoms. The third-order valence-electron chi connectivity index (χ3n) is 0.563. The molecule has 0 aromatic rings. The maximum absolute atomic E-state index is 10.8. The van der Waals surface area contributed by atoms with E-state index in [1.807, 2.05) is 4.72 Å². The van der Waals surface area contributed by atoms with E-state index in [-0.39, 0.29) is 27.4 Å². The van der Waals surface area contributed by atoms with Crippen molar-refractivity contribution in [3.8, 4) is 0 Å². The van der Waals surface area contributed by atoms with Crippen molar-refractivity contribution in [2.24, 2.45) is 0 Å². The first-order chi connectivity index (χ1) is 3.92. The summed E-state index contributed by atoms with van der Waals surface area (Å²) in [6, 6.07) is 0. The summed E-state index contributed by atoms with van der Waals surface area (Å²) in [7, 11) is -2.22.